The average molecular weight is 255 g/mol. The van der Waals surface area contributed by atoms with Crippen molar-refractivity contribution in [1.82, 2.24) is 4.90 Å². The van der Waals surface area contributed by atoms with Gasteiger partial charge in [0.15, 0.2) is 6.10 Å². The fourth-order valence-corrected chi connectivity index (χ4v) is 2.90. The van der Waals surface area contributed by atoms with Crippen LogP contribution in [-0.4, -0.2) is 49.1 Å². The maximum absolute atomic E-state index is 12.4. The minimum absolute atomic E-state index is 0.0154. The van der Waals surface area contributed by atoms with Crippen molar-refractivity contribution in [3.8, 4) is 0 Å². The van der Waals surface area contributed by atoms with E-state index in [1.807, 2.05) is 0 Å². The molecule has 0 aromatic carbocycles. The number of hydrogen-bond acceptors (Lipinski definition) is 4. The monoisotopic (exact) mass is 255 g/mol. The Hall–Kier alpha value is -1.14. The Morgan fingerprint density at radius 2 is 2.11 bits per heavy atom. The van der Waals surface area contributed by atoms with Crippen molar-refractivity contribution in [2.24, 2.45) is 23.3 Å². The van der Waals surface area contributed by atoms with Crippen LogP contribution in [0.2, 0.25) is 0 Å². The van der Waals surface area contributed by atoms with Crippen molar-refractivity contribution >= 4 is 11.8 Å². The molecule has 2 amide bonds. The number of carbonyl (C=O) groups excluding carboxylic acids is 2. The lowest BCUT2D eigenvalue weighted by molar-refractivity contribution is -0.149. The van der Waals surface area contributed by atoms with Crippen LogP contribution in [0.25, 0.3) is 0 Å². The van der Waals surface area contributed by atoms with Crippen molar-refractivity contribution in [1.29, 1.82) is 0 Å². The Morgan fingerprint density at radius 3 is 2.78 bits per heavy atom. The fourth-order valence-electron chi connectivity index (χ4n) is 2.90. The molecule has 0 aromatic rings. The zero-order chi connectivity index (χ0) is 13.1. The summed E-state index contributed by atoms with van der Waals surface area (Å²) >= 11 is 0. The largest absolute Gasteiger partial charge is 0.367 e. The van der Waals surface area contributed by atoms with Crippen LogP contribution in [0.3, 0.4) is 0 Å². The van der Waals surface area contributed by atoms with E-state index in [4.69, 9.17) is 16.2 Å². The third-order valence-corrected chi connectivity index (χ3v) is 3.97. The lowest BCUT2D eigenvalue weighted by Gasteiger charge is -2.34. The second-order valence-corrected chi connectivity index (χ2v) is 5.08. The SMILES string of the molecule is NC[C@H]1CCC[C@H]1C(=O)N1CCOC(C(N)=O)C1. The molecular weight excluding hydrogens is 234 g/mol. The number of nitrogens with zero attached hydrogens (tertiary/aromatic N) is 1. The maximum atomic E-state index is 12.4. The predicted molar refractivity (Wildman–Crippen MR) is 65.4 cm³/mol. The Labute approximate surface area is 107 Å². The van der Waals surface area contributed by atoms with Crippen LogP contribution in [-0.2, 0) is 14.3 Å². The van der Waals surface area contributed by atoms with Crippen LogP contribution < -0.4 is 11.5 Å². The summed E-state index contributed by atoms with van der Waals surface area (Å²) in [7, 11) is 0. The van der Waals surface area contributed by atoms with Crippen molar-refractivity contribution in [2.75, 3.05) is 26.2 Å². The molecule has 1 heterocycles. The van der Waals surface area contributed by atoms with E-state index in [1.165, 1.54) is 0 Å². The molecule has 2 aliphatic rings. The summed E-state index contributed by atoms with van der Waals surface area (Å²) in [6.07, 6.45) is 2.32. The van der Waals surface area contributed by atoms with Crippen molar-refractivity contribution in [2.45, 2.75) is 25.4 Å². The second-order valence-electron chi connectivity index (χ2n) is 5.08. The Kier molecular flexibility index (Phi) is 4.19. The zero-order valence-electron chi connectivity index (χ0n) is 10.5. The Balaban J connectivity index is 1.98. The molecule has 1 saturated heterocycles. The first kappa shape index (κ1) is 13.3. The average Bonchev–Trinajstić information content (AvgIpc) is 2.86. The number of hydrogen-bond donors (Lipinski definition) is 2. The fraction of sp³-hybridized carbons (Fsp3) is 0.833. The second kappa shape index (κ2) is 5.67. The first-order valence-electron chi connectivity index (χ1n) is 6.53. The van der Waals surface area contributed by atoms with Crippen molar-refractivity contribution in [3.63, 3.8) is 0 Å². The van der Waals surface area contributed by atoms with Gasteiger partial charge >= 0.3 is 0 Å². The highest BCUT2D eigenvalue weighted by atomic mass is 16.5. The summed E-state index contributed by atoms with van der Waals surface area (Å²) in [4.78, 5) is 25.2. The smallest absolute Gasteiger partial charge is 0.248 e. The number of primary amides is 1. The molecule has 18 heavy (non-hydrogen) atoms. The van der Waals surface area contributed by atoms with E-state index < -0.39 is 12.0 Å². The number of nitrogens with two attached hydrogens (primary N) is 2. The van der Waals surface area contributed by atoms with Gasteiger partial charge in [-0.05, 0) is 25.3 Å². The lowest BCUT2D eigenvalue weighted by atomic mass is 9.94. The molecule has 3 atom stereocenters. The van der Waals surface area contributed by atoms with E-state index in [0.717, 1.165) is 19.3 Å². The van der Waals surface area contributed by atoms with Gasteiger partial charge in [0.05, 0.1) is 13.2 Å². The van der Waals surface area contributed by atoms with Gasteiger partial charge in [0.25, 0.3) is 0 Å². The van der Waals surface area contributed by atoms with Gasteiger partial charge in [-0.2, -0.15) is 0 Å². The molecule has 6 heteroatoms. The molecule has 2 rings (SSSR count). The van der Waals surface area contributed by atoms with E-state index in [0.29, 0.717) is 19.7 Å². The minimum Gasteiger partial charge on any atom is -0.367 e. The molecule has 2 fully saturated rings. The molecule has 0 spiro atoms. The van der Waals surface area contributed by atoms with Gasteiger partial charge in [-0.25, -0.2) is 0 Å². The van der Waals surface area contributed by atoms with E-state index in [-0.39, 0.29) is 24.3 Å². The summed E-state index contributed by atoms with van der Waals surface area (Å²) in [5, 5.41) is 0. The first-order valence-corrected chi connectivity index (χ1v) is 6.53. The predicted octanol–water partition coefficient (Wildman–Crippen LogP) is -0.926. The van der Waals surface area contributed by atoms with Crippen LogP contribution in [0.15, 0.2) is 0 Å². The minimum atomic E-state index is -0.666. The number of rotatable bonds is 3. The molecule has 1 aliphatic carbocycles. The molecule has 1 unspecified atom stereocenters. The van der Waals surface area contributed by atoms with Crippen LogP contribution >= 0.6 is 0 Å². The highest BCUT2D eigenvalue weighted by Gasteiger charge is 2.37. The molecule has 0 radical (unpaired) electrons. The number of ether oxygens (including phenoxy) is 1. The number of amides is 2. The Bertz CT molecular complexity index is 335. The molecule has 6 nitrogen and oxygen atoms in total. The summed E-state index contributed by atoms with van der Waals surface area (Å²) in [6, 6.07) is 0. The van der Waals surface area contributed by atoms with E-state index in [1.54, 1.807) is 4.90 Å². The van der Waals surface area contributed by atoms with Gasteiger partial charge in [-0.1, -0.05) is 6.42 Å². The van der Waals surface area contributed by atoms with Crippen LogP contribution in [0.4, 0.5) is 0 Å². The molecular formula is C12H21N3O3. The molecule has 102 valence electrons. The Morgan fingerprint density at radius 1 is 1.33 bits per heavy atom. The molecule has 4 N–H and O–H groups in total. The van der Waals surface area contributed by atoms with Crippen molar-refractivity contribution in [3.05, 3.63) is 0 Å². The zero-order valence-corrected chi connectivity index (χ0v) is 10.5. The van der Waals surface area contributed by atoms with Crippen LogP contribution in [0.1, 0.15) is 19.3 Å². The van der Waals surface area contributed by atoms with Gasteiger partial charge in [0, 0.05) is 12.5 Å². The van der Waals surface area contributed by atoms with Crippen LogP contribution in [0.5, 0.6) is 0 Å². The summed E-state index contributed by atoms with van der Waals surface area (Å²) in [6.45, 7) is 1.75. The van der Waals surface area contributed by atoms with E-state index >= 15 is 0 Å². The third-order valence-electron chi connectivity index (χ3n) is 3.97. The molecule has 1 saturated carbocycles. The number of carbonyl (C=O) groups is 2. The summed E-state index contributed by atoms with van der Waals surface area (Å²) < 4.78 is 5.24. The van der Waals surface area contributed by atoms with Gasteiger partial charge in [0.2, 0.25) is 11.8 Å². The number of morpholine rings is 1. The van der Waals surface area contributed by atoms with E-state index in [9.17, 15) is 9.59 Å². The summed E-state index contributed by atoms with van der Waals surface area (Å²) in [5.41, 5.74) is 10.9. The third kappa shape index (κ3) is 2.64. The molecule has 0 aromatic heterocycles. The van der Waals surface area contributed by atoms with Gasteiger partial charge in [0.1, 0.15) is 0 Å². The quantitative estimate of drug-likeness (QED) is 0.681. The summed E-state index contributed by atoms with van der Waals surface area (Å²) in [5.74, 6) is -0.0965. The lowest BCUT2D eigenvalue weighted by Crippen LogP contribution is -2.52. The highest BCUT2D eigenvalue weighted by Crippen LogP contribution is 2.32. The molecule has 1 aliphatic heterocycles. The first-order chi connectivity index (χ1) is 8.63. The van der Waals surface area contributed by atoms with Crippen LogP contribution in [0, 0.1) is 11.8 Å². The van der Waals surface area contributed by atoms with Crippen molar-refractivity contribution < 1.29 is 14.3 Å². The molecule has 0 bridgehead atoms. The van der Waals surface area contributed by atoms with Gasteiger partial charge < -0.3 is 21.1 Å². The normalized spacial score (nSPS) is 32.5. The standard InChI is InChI=1S/C12H21N3O3/c13-6-8-2-1-3-9(8)12(17)15-4-5-18-10(7-15)11(14)16/h8-10H,1-7,13H2,(H2,14,16)/t8-,9-,10?/m1/s1. The maximum Gasteiger partial charge on any atom is 0.248 e. The topological polar surface area (TPSA) is 98.7 Å². The van der Waals surface area contributed by atoms with E-state index in [2.05, 4.69) is 0 Å². The van der Waals surface area contributed by atoms with Gasteiger partial charge in [-0.15, -0.1) is 0 Å². The van der Waals surface area contributed by atoms with Gasteiger partial charge in [-0.3, -0.25) is 9.59 Å². The highest BCUT2D eigenvalue weighted by molar-refractivity contribution is 5.83.